The Kier molecular flexibility index (Phi) is 6.52. The highest BCUT2D eigenvalue weighted by Gasteiger charge is 2.20. The molecule has 1 fully saturated rings. The molecule has 5 heteroatoms. The third-order valence-electron chi connectivity index (χ3n) is 4.41. The van der Waals surface area contributed by atoms with E-state index in [1.54, 1.807) is 0 Å². The van der Waals surface area contributed by atoms with Crippen LogP contribution < -0.4 is 15.4 Å². The van der Waals surface area contributed by atoms with Crippen molar-refractivity contribution in [3.63, 3.8) is 0 Å². The van der Waals surface area contributed by atoms with Crippen molar-refractivity contribution in [3.05, 3.63) is 23.8 Å². The second-order valence-corrected chi connectivity index (χ2v) is 6.03. The van der Waals surface area contributed by atoms with Gasteiger partial charge in [0, 0.05) is 30.3 Å². The predicted molar refractivity (Wildman–Crippen MR) is 90.7 cm³/mol. The second-order valence-electron chi connectivity index (χ2n) is 6.03. The predicted octanol–water partition coefficient (Wildman–Crippen LogP) is 3.50. The van der Waals surface area contributed by atoms with E-state index in [0.29, 0.717) is 6.61 Å². The van der Waals surface area contributed by atoms with Crippen molar-refractivity contribution in [1.29, 1.82) is 0 Å². The number of carbonyl (C=O) groups excluding carboxylic acids is 1. The van der Waals surface area contributed by atoms with Gasteiger partial charge in [0.15, 0.2) is 0 Å². The van der Waals surface area contributed by atoms with Gasteiger partial charge in [-0.05, 0) is 31.0 Å². The molecule has 0 saturated heterocycles. The van der Waals surface area contributed by atoms with Gasteiger partial charge in [0.25, 0.3) is 0 Å². The van der Waals surface area contributed by atoms with Crippen molar-refractivity contribution >= 4 is 24.0 Å². The molecule has 22 heavy (non-hydrogen) atoms. The number of benzene rings is 1. The van der Waals surface area contributed by atoms with Crippen LogP contribution in [0.3, 0.4) is 0 Å². The third kappa shape index (κ3) is 4.37. The van der Waals surface area contributed by atoms with E-state index in [-0.39, 0.29) is 24.2 Å². The molecule has 1 aliphatic carbocycles. The van der Waals surface area contributed by atoms with Crippen molar-refractivity contribution in [2.45, 2.75) is 45.1 Å². The molecule has 122 valence electrons. The van der Waals surface area contributed by atoms with Crippen molar-refractivity contribution in [2.75, 3.05) is 18.5 Å². The number of carbonyl (C=O) groups is 1. The van der Waals surface area contributed by atoms with Crippen LogP contribution in [0.15, 0.2) is 18.2 Å². The number of hydrogen-bond donors (Lipinski definition) is 2. The lowest BCUT2D eigenvalue weighted by Gasteiger charge is -2.15. The number of halogens is 1. The molecule has 2 N–H and O–H groups in total. The van der Waals surface area contributed by atoms with Crippen LogP contribution in [0.5, 0.6) is 5.75 Å². The fourth-order valence-corrected chi connectivity index (χ4v) is 3.18. The topological polar surface area (TPSA) is 50.4 Å². The average Bonchev–Trinajstić information content (AvgIpc) is 2.89. The lowest BCUT2D eigenvalue weighted by atomic mass is 9.99. The lowest BCUT2D eigenvalue weighted by molar-refractivity contribution is -0.120. The number of nitrogens with one attached hydrogen (secondary N) is 2. The Morgan fingerprint density at radius 1 is 1.18 bits per heavy atom. The Morgan fingerprint density at radius 2 is 1.95 bits per heavy atom. The van der Waals surface area contributed by atoms with Crippen LogP contribution in [0.25, 0.3) is 0 Å². The minimum Gasteiger partial charge on any atom is -0.492 e. The molecule has 0 atom stereocenters. The molecule has 0 aromatic heterocycles. The SMILES string of the molecule is Cl.O=C(Nc1ccc2c(c1)CNCCO2)C1CCCCCC1. The normalized spacial score (nSPS) is 18.9. The molecule has 1 aliphatic heterocycles. The summed E-state index contributed by atoms with van der Waals surface area (Å²) in [5.74, 6) is 1.28. The van der Waals surface area contributed by atoms with Crippen LogP contribution in [-0.2, 0) is 11.3 Å². The largest absolute Gasteiger partial charge is 0.492 e. The van der Waals surface area contributed by atoms with E-state index in [0.717, 1.165) is 42.9 Å². The van der Waals surface area contributed by atoms with Crippen molar-refractivity contribution < 1.29 is 9.53 Å². The maximum Gasteiger partial charge on any atom is 0.227 e. The summed E-state index contributed by atoms with van der Waals surface area (Å²) in [5.41, 5.74) is 2.00. The van der Waals surface area contributed by atoms with Gasteiger partial charge < -0.3 is 15.4 Å². The van der Waals surface area contributed by atoms with Crippen molar-refractivity contribution in [2.24, 2.45) is 5.92 Å². The smallest absolute Gasteiger partial charge is 0.227 e. The van der Waals surface area contributed by atoms with Crippen molar-refractivity contribution in [1.82, 2.24) is 5.32 Å². The minimum atomic E-state index is 0. The quantitative estimate of drug-likeness (QED) is 0.819. The van der Waals surface area contributed by atoms with Gasteiger partial charge >= 0.3 is 0 Å². The van der Waals surface area contributed by atoms with E-state index in [9.17, 15) is 4.79 Å². The highest BCUT2D eigenvalue weighted by molar-refractivity contribution is 5.92. The molecule has 4 nitrogen and oxygen atoms in total. The van der Waals surface area contributed by atoms with Gasteiger partial charge in [0.2, 0.25) is 5.91 Å². The first kappa shape index (κ1) is 17.1. The summed E-state index contributed by atoms with van der Waals surface area (Å²) in [6.45, 7) is 2.35. The number of anilines is 1. The summed E-state index contributed by atoms with van der Waals surface area (Å²) in [6, 6.07) is 5.94. The molecule has 1 aromatic rings. The summed E-state index contributed by atoms with van der Waals surface area (Å²) in [6.07, 6.45) is 6.96. The number of ether oxygens (including phenoxy) is 1. The Bertz CT molecular complexity index is 499. The number of hydrogen-bond acceptors (Lipinski definition) is 3. The molecule has 0 spiro atoms. The summed E-state index contributed by atoms with van der Waals surface area (Å²) in [7, 11) is 0. The van der Waals surface area contributed by atoms with E-state index in [1.165, 1.54) is 25.7 Å². The third-order valence-corrected chi connectivity index (χ3v) is 4.41. The van der Waals surface area contributed by atoms with Crippen LogP contribution in [-0.4, -0.2) is 19.1 Å². The van der Waals surface area contributed by atoms with E-state index < -0.39 is 0 Å². The molecular formula is C17H25ClN2O2. The van der Waals surface area contributed by atoms with E-state index >= 15 is 0 Å². The first-order chi connectivity index (χ1) is 10.3. The standard InChI is InChI=1S/C17H24N2O2.ClH/c20-17(13-5-3-1-2-4-6-13)19-15-7-8-16-14(11-15)12-18-9-10-21-16;/h7-8,11,13,18H,1-6,9-10,12H2,(H,19,20);1H. The monoisotopic (exact) mass is 324 g/mol. The molecule has 0 radical (unpaired) electrons. The molecule has 2 aliphatic rings. The zero-order chi connectivity index (χ0) is 14.5. The van der Waals surface area contributed by atoms with Crippen molar-refractivity contribution in [3.8, 4) is 5.75 Å². The molecule has 0 bridgehead atoms. The highest BCUT2D eigenvalue weighted by Crippen LogP contribution is 2.27. The number of rotatable bonds is 2. The van der Waals surface area contributed by atoms with E-state index in [2.05, 4.69) is 10.6 Å². The summed E-state index contributed by atoms with van der Waals surface area (Å²) in [4.78, 5) is 12.4. The number of amides is 1. The summed E-state index contributed by atoms with van der Waals surface area (Å²) in [5, 5.41) is 6.41. The van der Waals surface area contributed by atoms with Gasteiger partial charge in [-0.2, -0.15) is 0 Å². The summed E-state index contributed by atoms with van der Waals surface area (Å²) < 4.78 is 5.67. The Balaban J connectivity index is 0.00000176. The van der Waals surface area contributed by atoms with E-state index in [1.807, 2.05) is 18.2 Å². The van der Waals surface area contributed by atoms with Crippen LogP contribution >= 0.6 is 12.4 Å². The van der Waals surface area contributed by atoms with E-state index in [4.69, 9.17) is 4.74 Å². The van der Waals surface area contributed by atoms with Crippen LogP contribution in [0, 0.1) is 5.92 Å². The zero-order valence-corrected chi connectivity index (χ0v) is 13.7. The highest BCUT2D eigenvalue weighted by atomic mass is 35.5. The van der Waals surface area contributed by atoms with Gasteiger partial charge in [-0.15, -0.1) is 12.4 Å². The van der Waals surface area contributed by atoms with Gasteiger partial charge in [0.1, 0.15) is 12.4 Å². The van der Waals surface area contributed by atoms with Crippen LogP contribution in [0.4, 0.5) is 5.69 Å². The first-order valence-corrected chi connectivity index (χ1v) is 8.10. The first-order valence-electron chi connectivity index (χ1n) is 8.10. The number of fused-ring (bicyclic) bond motifs is 1. The molecule has 3 rings (SSSR count). The van der Waals surface area contributed by atoms with Gasteiger partial charge in [-0.25, -0.2) is 0 Å². The molecule has 0 unspecified atom stereocenters. The Hall–Kier alpha value is -1.26. The van der Waals surface area contributed by atoms with Crippen LogP contribution in [0.1, 0.15) is 44.1 Å². The van der Waals surface area contributed by atoms with Gasteiger partial charge in [0.05, 0.1) is 0 Å². The maximum atomic E-state index is 12.4. The minimum absolute atomic E-state index is 0. The Labute approximate surface area is 138 Å². The van der Waals surface area contributed by atoms with Crippen LogP contribution in [0.2, 0.25) is 0 Å². The molecule has 1 aromatic carbocycles. The lowest BCUT2D eigenvalue weighted by Crippen LogP contribution is -2.22. The fourth-order valence-electron chi connectivity index (χ4n) is 3.18. The molecule has 1 heterocycles. The second kappa shape index (κ2) is 8.39. The maximum absolute atomic E-state index is 12.4. The zero-order valence-electron chi connectivity index (χ0n) is 12.9. The average molecular weight is 325 g/mol. The van der Waals surface area contributed by atoms with Gasteiger partial charge in [-0.3, -0.25) is 4.79 Å². The molecule has 1 amide bonds. The summed E-state index contributed by atoms with van der Waals surface area (Å²) >= 11 is 0. The fraction of sp³-hybridized carbons (Fsp3) is 0.588. The Morgan fingerprint density at radius 3 is 2.73 bits per heavy atom. The molecular weight excluding hydrogens is 300 g/mol. The molecule has 1 saturated carbocycles. The van der Waals surface area contributed by atoms with Gasteiger partial charge in [-0.1, -0.05) is 25.7 Å².